The van der Waals surface area contributed by atoms with Crippen molar-refractivity contribution in [1.29, 1.82) is 0 Å². The topological polar surface area (TPSA) is 15.3 Å². The highest BCUT2D eigenvalue weighted by atomic mass is 32.1. The van der Waals surface area contributed by atoms with Crippen LogP contribution in [0.3, 0.4) is 0 Å². The van der Waals surface area contributed by atoms with E-state index in [1.54, 1.807) is 0 Å². The van der Waals surface area contributed by atoms with Gasteiger partial charge in [-0.3, -0.25) is 0 Å². The first-order chi connectivity index (χ1) is 7.77. The van der Waals surface area contributed by atoms with Crippen molar-refractivity contribution in [2.75, 3.05) is 19.6 Å². The van der Waals surface area contributed by atoms with Crippen LogP contribution in [0.4, 0.5) is 0 Å². The molecule has 1 aliphatic heterocycles. The highest BCUT2D eigenvalue weighted by Gasteiger charge is 2.15. The van der Waals surface area contributed by atoms with Crippen LogP contribution in [0.15, 0.2) is 0 Å². The highest BCUT2D eigenvalue weighted by Crippen LogP contribution is 2.12. The Hall–Kier alpha value is -0.310. The Morgan fingerprint density at radius 3 is 2.56 bits per heavy atom. The van der Waals surface area contributed by atoms with Gasteiger partial charge in [-0.1, -0.05) is 33.1 Å². The van der Waals surface area contributed by atoms with Crippen LogP contribution in [0.5, 0.6) is 0 Å². The van der Waals surface area contributed by atoms with Gasteiger partial charge in [0.15, 0.2) is 5.11 Å². The van der Waals surface area contributed by atoms with Gasteiger partial charge in [0.25, 0.3) is 0 Å². The molecule has 1 N–H and O–H groups in total. The van der Waals surface area contributed by atoms with E-state index in [1.807, 2.05) is 0 Å². The second-order valence-electron chi connectivity index (χ2n) is 4.80. The van der Waals surface area contributed by atoms with Gasteiger partial charge in [0.1, 0.15) is 0 Å². The third kappa shape index (κ3) is 4.69. The van der Waals surface area contributed by atoms with Gasteiger partial charge in [-0.25, -0.2) is 0 Å². The number of nitrogens with one attached hydrogen (secondary N) is 1. The third-order valence-corrected chi connectivity index (χ3v) is 3.88. The number of thiocarbonyl (C=S) groups is 1. The molecule has 1 atom stereocenters. The summed E-state index contributed by atoms with van der Waals surface area (Å²) in [5.41, 5.74) is 0. The summed E-state index contributed by atoms with van der Waals surface area (Å²) >= 11 is 5.41. The summed E-state index contributed by atoms with van der Waals surface area (Å²) in [6.07, 6.45) is 7.84. The zero-order valence-corrected chi connectivity index (χ0v) is 11.6. The van der Waals surface area contributed by atoms with E-state index in [2.05, 4.69) is 24.1 Å². The maximum atomic E-state index is 5.41. The smallest absolute Gasteiger partial charge is 0.168 e. The zero-order valence-electron chi connectivity index (χ0n) is 10.8. The van der Waals surface area contributed by atoms with Crippen molar-refractivity contribution in [3.05, 3.63) is 0 Å². The second-order valence-corrected chi connectivity index (χ2v) is 5.18. The van der Waals surface area contributed by atoms with Crippen molar-refractivity contribution < 1.29 is 0 Å². The van der Waals surface area contributed by atoms with Crippen LogP contribution in [0.2, 0.25) is 0 Å². The van der Waals surface area contributed by atoms with Crippen molar-refractivity contribution in [2.24, 2.45) is 5.92 Å². The predicted octanol–water partition coefficient (Wildman–Crippen LogP) is 3.17. The molecule has 1 aliphatic rings. The average molecular weight is 242 g/mol. The molecule has 0 aromatic carbocycles. The lowest BCUT2D eigenvalue weighted by Gasteiger charge is -2.22. The van der Waals surface area contributed by atoms with Crippen molar-refractivity contribution in [1.82, 2.24) is 10.2 Å². The lowest BCUT2D eigenvalue weighted by Crippen LogP contribution is -2.39. The molecule has 2 nitrogen and oxygen atoms in total. The summed E-state index contributed by atoms with van der Waals surface area (Å²) in [5, 5.41) is 4.42. The lowest BCUT2D eigenvalue weighted by molar-refractivity contribution is 0.430. The maximum Gasteiger partial charge on any atom is 0.168 e. The molecule has 0 bridgehead atoms. The van der Waals surface area contributed by atoms with Crippen molar-refractivity contribution in [3.63, 3.8) is 0 Å². The van der Waals surface area contributed by atoms with E-state index >= 15 is 0 Å². The summed E-state index contributed by atoms with van der Waals surface area (Å²) in [5.74, 6) is 0.792. The van der Waals surface area contributed by atoms with Crippen LogP contribution in [-0.2, 0) is 0 Å². The van der Waals surface area contributed by atoms with E-state index in [0.29, 0.717) is 0 Å². The number of hydrogen-bond donors (Lipinski definition) is 1. The van der Waals surface area contributed by atoms with E-state index in [4.69, 9.17) is 12.2 Å². The Morgan fingerprint density at radius 1 is 1.31 bits per heavy atom. The molecule has 1 saturated heterocycles. The van der Waals surface area contributed by atoms with Gasteiger partial charge < -0.3 is 10.2 Å². The first-order valence-electron chi connectivity index (χ1n) is 6.80. The number of hydrogen-bond acceptors (Lipinski definition) is 1. The Morgan fingerprint density at radius 2 is 2.00 bits per heavy atom. The Kier molecular flexibility index (Phi) is 6.78. The Labute approximate surface area is 106 Å². The number of rotatable bonds is 6. The van der Waals surface area contributed by atoms with Crippen molar-refractivity contribution >= 4 is 17.3 Å². The molecule has 3 heteroatoms. The van der Waals surface area contributed by atoms with Gasteiger partial charge in [-0.2, -0.15) is 0 Å². The SMILES string of the molecule is CCCCC(CC)CNC(=S)N1CCCC1. The van der Waals surface area contributed by atoms with Gasteiger partial charge in [-0.05, 0) is 37.4 Å². The molecular weight excluding hydrogens is 216 g/mol. The summed E-state index contributed by atoms with van der Waals surface area (Å²) in [7, 11) is 0. The molecule has 1 fully saturated rings. The standard InChI is InChI=1S/C13H26N2S/c1-3-5-8-12(4-2)11-14-13(16)15-9-6-7-10-15/h12H,3-11H2,1-2H3,(H,14,16). The molecule has 0 amide bonds. The molecule has 1 unspecified atom stereocenters. The Bertz CT molecular complexity index is 200. The third-order valence-electron chi connectivity index (χ3n) is 3.48. The second kappa shape index (κ2) is 7.88. The first-order valence-corrected chi connectivity index (χ1v) is 7.21. The maximum absolute atomic E-state index is 5.41. The lowest BCUT2D eigenvalue weighted by atomic mass is 9.99. The molecule has 0 aromatic heterocycles. The van der Waals surface area contributed by atoms with Crippen LogP contribution in [0.25, 0.3) is 0 Å². The van der Waals surface area contributed by atoms with E-state index in [9.17, 15) is 0 Å². The monoisotopic (exact) mass is 242 g/mol. The zero-order chi connectivity index (χ0) is 11.8. The molecule has 1 heterocycles. The Balaban J connectivity index is 2.17. The average Bonchev–Trinajstić information content (AvgIpc) is 2.82. The highest BCUT2D eigenvalue weighted by molar-refractivity contribution is 7.80. The molecule has 1 rings (SSSR count). The quantitative estimate of drug-likeness (QED) is 0.720. The summed E-state index contributed by atoms with van der Waals surface area (Å²) in [6.45, 7) is 7.90. The summed E-state index contributed by atoms with van der Waals surface area (Å²) in [4.78, 5) is 2.31. The fourth-order valence-electron chi connectivity index (χ4n) is 2.21. The minimum atomic E-state index is 0.792. The minimum absolute atomic E-state index is 0.792. The fourth-order valence-corrected chi connectivity index (χ4v) is 2.47. The van der Waals surface area contributed by atoms with Crippen LogP contribution in [0.1, 0.15) is 52.4 Å². The predicted molar refractivity (Wildman–Crippen MR) is 74.7 cm³/mol. The van der Waals surface area contributed by atoms with Crippen LogP contribution in [0, 0.1) is 5.92 Å². The van der Waals surface area contributed by atoms with Gasteiger partial charge >= 0.3 is 0 Å². The molecule has 16 heavy (non-hydrogen) atoms. The largest absolute Gasteiger partial charge is 0.362 e. The summed E-state index contributed by atoms with van der Waals surface area (Å²) in [6, 6.07) is 0. The molecule has 0 aromatic rings. The van der Waals surface area contributed by atoms with E-state index in [1.165, 1.54) is 38.5 Å². The molecule has 0 radical (unpaired) electrons. The van der Waals surface area contributed by atoms with Crippen molar-refractivity contribution in [2.45, 2.75) is 52.4 Å². The molecular formula is C13H26N2S. The molecule has 0 spiro atoms. The van der Waals surface area contributed by atoms with Gasteiger partial charge in [0.05, 0.1) is 0 Å². The van der Waals surface area contributed by atoms with Gasteiger partial charge in [-0.15, -0.1) is 0 Å². The normalized spacial score (nSPS) is 17.5. The number of unbranched alkanes of at least 4 members (excludes halogenated alkanes) is 1. The molecule has 0 aliphatic carbocycles. The van der Waals surface area contributed by atoms with Crippen LogP contribution < -0.4 is 5.32 Å². The van der Waals surface area contributed by atoms with E-state index < -0.39 is 0 Å². The fraction of sp³-hybridized carbons (Fsp3) is 0.923. The van der Waals surface area contributed by atoms with E-state index in [-0.39, 0.29) is 0 Å². The summed E-state index contributed by atoms with van der Waals surface area (Å²) < 4.78 is 0. The van der Waals surface area contributed by atoms with Crippen LogP contribution >= 0.6 is 12.2 Å². The first kappa shape index (κ1) is 13.8. The molecule has 0 saturated carbocycles. The number of nitrogens with zero attached hydrogens (tertiary/aromatic N) is 1. The van der Waals surface area contributed by atoms with E-state index in [0.717, 1.165) is 30.7 Å². The van der Waals surface area contributed by atoms with Crippen LogP contribution in [-0.4, -0.2) is 29.6 Å². The van der Waals surface area contributed by atoms with Crippen molar-refractivity contribution in [3.8, 4) is 0 Å². The van der Waals surface area contributed by atoms with Gasteiger partial charge in [0.2, 0.25) is 0 Å². The van der Waals surface area contributed by atoms with Gasteiger partial charge in [0, 0.05) is 19.6 Å². The molecule has 94 valence electrons. The minimum Gasteiger partial charge on any atom is -0.362 e. The number of likely N-dealkylation sites (tertiary alicyclic amines) is 1.